The second-order valence-electron chi connectivity index (χ2n) is 8.57. The smallest absolute Gasteiger partial charge is 0.326 e. The van der Waals surface area contributed by atoms with Gasteiger partial charge < -0.3 is 32.5 Å². The normalized spacial score (nSPS) is 14.9. The van der Waals surface area contributed by atoms with Crippen LogP contribution in [0.25, 0.3) is 0 Å². The Morgan fingerprint density at radius 3 is 1.69 bits per heavy atom. The molecule has 12 heteroatoms. The topological polar surface area (TPSA) is 194 Å². The van der Waals surface area contributed by atoms with Gasteiger partial charge in [-0.2, -0.15) is 12.6 Å². The van der Waals surface area contributed by atoms with Gasteiger partial charge in [-0.05, 0) is 31.1 Å². The molecule has 0 aliphatic rings. The highest BCUT2D eigenvalue weighted by Gasteiger charge is 2.31. The molecule has 32 heavy (non-hydrogen) atoms. The molecule has 0 aromatic heterocycles. The van der Waals surface area contributed by atoms with Gasteiger partial charge in [0.1, 0.15) is 18.1 Å². The van der Waals surface area contributed by atoms with Gasteiger partial charge in [0, 0.05) is 12.2 Å². The number of aliphatic carboxylic acids is 1. The van der Waals surface area contributed by atoms with Crippen LogP contribution in [-0.4, -0.2) is 64.6 Å². The maximum absolute atomic E-state index is 12.9. The number of carbonyl (C=O) groups is 5. The number of carboxylic acids is 1. The number of carboxylic acid groups (broad SMARTS) is 1. The fraction of sp³-hybridized carbons (Fsp3) is 0.750. The summed E-state index contributed by atoms with van der Waals surface area (Å²) in [5.74, 6) is -3.76. The summed E-state index contributed by atoms with van der Waals surface area (Å²) in [4.78, 5) is 60.5. The molecule has 0 heterocycles. The van der Waals surface area contributed by atoms with Crippen molar-refractivity contribution in [2.45, 2.75) is 77.5 Å². The van der Waals surface area contributed by atoms with Gasteiger partial charge in [0.2, 0.25) is 23.6 Å². The van der Waals surface area contributed by atoms with Gasteiger partial charge in [0.15, 0.2) is 0 Å². The highest BCUT2D eigenvalue weighted by Crippen LogP contribution is 2.10. The Morgan fingerprint density at radius 1 is 0.812 bits per heavy atom. The maximum atomic E-state index is 12.9. The standard InChI is InChI=1S/C20H37N5O6S/c1-10(2)7-14(19(29)25-15(20(30)31)8-11(3)4)24-18(28)13(5-6-16(22)26)23-17(27)12(21)9-32/h10-15,32H,5-9,21H2,1-4H3,(H2,22,26)(H,23,27)(H,24,28)(H,25,29)(H,30,31). The Bertz CT molecular complexity index is 673. The number of amides is 4. The van der Waals surface area contributed by atoms with Gasteiger partial charge >= 0.3 is 5.97 Å². The molecule has 0 saturated heterocycles. The van der Waals surface area contributed by atoms with Gasteiger partial charge in [-0.3, -0.25) is 19.2 Å². The van der Waals surface area contributed by atoms with E-state index in [2.05, 4.69) is 28.6 Å². The Balaban J connectivity index is 5.51. The molecule has 4 atom stereocenters. The van der Waals surface area contributed by atoms with E-state index in [4.69, 9.17) is 11.5 Å². The molecule has 0 radical (unpaired) electrons. The summed E-state index contributed by atoms with van der Waals surface area (Å²) < 4.78 is 0. The third-order valence-electron chi connectivity index (χ3n) is 4.51. The molecule has 0 saturated carbocycles. The molecule has 0 bridgehead atoms. The quantitative estimate of drug-likeness (QED) is 0.150. The number of hydrogen-bond donors (Lipinski definition) is 7. The monoisotopic (exact) mass is 475 g/mol. The second kappa shape index (κ2) is 14.7. The molecule has 4 amide bonds. The molecule has 184 valence electrons. The Morgan fingerprint density at radius 2 is 1.25 bits per heavy atom. The molecule has 0 aromatic carbocycles. The van der Waals surface area contributed by atoms with E-state index >= 15 is 0 Å². The lowest BCUT2D eigenvalue weighted by atomic mass is 10.00. The van der Waals surface area contributed by atoms with Crippen molar-refractivity contribution in [2.24, 2.45) is 23.3 Å². The number of carbonyl (C=O) groups excluding carboxylic acids is 4. The molecule has 0 fully saturated rings. The lowest BCUT2D eigenvalue weighted by Gasteiger charge is -2.26. The minimum atomic E-state index is -1.17. The zero-order chi connectivity index (χ0) is 25.0. The summed E-state index contributed by atoms with van der Waals surface area (Å²) in [5, 5.41) is 16.9. The van der Waals surface area contributed by atoms with Crippen LogP contribution in [0.5, 0.6) is 0 Å². The van der Waals surface area contributed by atoms with Crippen LogP contribution in [0.4, 0.5) is 0 Å². The van der Waals surface area contributed by atoms with Crippen molar-refractivity contribution in [3.8, 4) is 0 Å². The maximum Gasteiger partial charge on any atom is 0.326 e. The lowest BCUT2D eigenvalue weighted by molar-refractivity contribution is -0.143. The Labute approximate surface area is 194 Å². The summed E-state index contributed by atoms with van der Waals surface area (Å²) in [6, 6.07) is -4.27. The molecule has 0 spiro atoms. The first-order chi connectivity index (χ1) is 14.8. The van der Waals surface area contributed by atoms with E-state index in [0.29, 0.717) is 0 Å². The first-order valence-electron chi connectivity index (χ1n) is 10.6. The van der Waals surface area contributed by atoms with E-state index in [1.54, 1.807) is 0 Å². The summed E-state index contributed by atoms with van der Waals surface area (Å²) in [7, 11) is 0. The summed E-state index contributed by atoms with van der Waals surface area (Å²) >= 11 is 3.94. The summed E-state index contributed by atoms with van der Waals surface area (Å²) in [5.41, 5.74) is 10.8. The van der Waals surface area contributed by atoms with Crippen molar-refractivity contribution in [3.63, 3.8) is 0 Å². The summed E-state index contributed by atoms with van der Waals surface area (Å²) in [6.45, 7) is 7.34. The van der Waals surface area contributed by atoms with Crippen molar-refractivity contribution in [1.29, 1.82) is 0 Å². The number of hydrogen-bond acceptors (Lipinski definition) is 7. The third-order valence-corrected chi connectivity index (χ3v) is 4.90. The van der Waals surface area contributed by atoms with E-state index in [1.165, 1.54) is 0 Å². The Kier molecular flexibility index (Phi) is 13.6. The van der Waals surface area contributed by atoms with E-state index in [1.807, 2.05) is 27.7 Å². The van der Waals surface area contributed by atoms with Gasteiger partial charge in [0.25, 0.3) is 0 Å². The van der Waals surface area contributed by atoms with Crippen LogP contribution < -0.4 is 27.4 Å². The van der Waals surface area contributed by atoms with Crippen molar-refractivity contribution in [1.82, 2.24) is 16.0 Å². The average Bonchev–Trinajstić information content (AvgIpc) is 2.67. The second-order valence-corrected chi connectivity index (χ2v) is 8.94. The van der Waals surface area contributed by atoms with Crippen molar-refractivity contribution >= 4 is 42.2 Å². The fourth-order valence-corrected chi connectivity index (χ4v) is 3.02. The molecule has 0 aliphatic carbocycles. The van der Waals surface area contributed by atoms with Crippen LogP contribution in [0.1, 0.15) is 53.4 Å². The zero-order valence-electron chi connectivity index (χ0n) is 19.1. The van der Waals surface area contributed by atoms with Crippen molar-refractivity contribution in [3.05, 3.63) is 0 Å². The van der Waals surface area contributed by atoms with Crippen LogP contribution in [0.2, 0.25) is 0 Å². The minimum Gasteiger partial charge on any atom is -0.480 e. The number of primary amides is 1. The van der Waals surface area contributed by atoms with E-state index in [9.17, 15) is 29.1 Å². The largest absolute Gasteiger partial charge is 0.480 e. The lowest BCUT2D eigenvalue weighted by Crippen LogP contribution is -2.57. The first kappa shape index (κ1) is 29.7. The van der Waals surface area contributed by atoms with Gasteiger partial charge in [-0.1, -0.05) is 27.7 Å². The van der Waals surface area contributed by atoms with Gasteiger partial charge in [0.05, 0.1) is 6.04 Å². The van der Waals surface area contributed by atoms with Crippen LogP contribution in [0.3, 0.4) is 0 Å². The third kappa shape index (κ3) is 11.9. The van der Waals surface area contributed by atoms with Crippen molar-refractivity contribution in [2.75, 3.05) is 5.75 Å². The van der Waals surface area contributed by atoms with E-state index in [0.717, 1.165) is 0 Å². The number of thiol groups is 1. The van der Waals surface area contributed by atoms with Crippen LogP contribution in [-0.2, 0) is 24.0 Å². The minimum absolute atomic E-state index is 0.00399. The highest BCUT2D eigenvalue weighted by molar-refractivity contribution is 7.80. The van der Waals surface area contributed by atoms with Crippen LogP contribution >= 0.6 is 12.6 Å². The number of rotatable bonds is 15. The average molecular weight is 476 g/mol. The molecule has 11 nitrogen and oxygen atoms in total. The van der Waals surface area contributed by atoms with E-state index in [-0.39, 0.29) is 43.3 Å². The van der Waals surface area contributed by atoms with Crippen LogP contribution in [0.15, 0.2) is 0 Å². The molecular weight excluding hydrogens is 438 g/mol. The Hall–Kier alpha value is -2.34. The molecule has 0 rings (SSSR count). The molecule has 8 N–H and O–H groups in total. The molecular formula is C20H37N5O6S. The highest BCUT2D eigenvalue weighted by atomic mass is 32.1. The molecule has 0 aliphatic heterocycles. The van der Waals surface area contributed by atoms with Gasteiger partial charge in [-0.25, -0.2) is 4.79 Å². The molecule has 0 aromatic rings. The molecule has 4 unspecified atom stereocenters. The SMILES string of the molecule is CC(C)CC(NC(=O)C(CC(C)C)NC(=O)C(CCC(N)=O)NC(=O)C(N)CS)C(=O)O. The predicted octanol–water partition coefficient (Wildman–Crippen LogP) is -0.860. The first-order valence-corrected chi connectivity index (χ1v) is 11.2. The van der Waals surface area contributed by atoms with Crippen LogP contribution in [0, 0.1) is 11.8 Å². The number of nitrogens with one attached hydrogen (secondary N) is 3. The van der Waals surface area contributed by atoms with Gasteiger partial charge in [-0.15, -0.1) is 0 Å². The fourth-order valence-electron chi connectivity index (χ4n) is 2.86. The van der Waals surface area contributed by atoms with E-state index < -0.39 is 53.8 Å². The zero-order valence-corrected chi connectivity index (χ0v) is 20.0. The number of nitrogens with two attached hydrogens (primary N) is 2. The summed E-state index contributed by atoms with van der Waals surface area (Å²) in [6.07, 6.45) is 0.193. The predicted molar refractivity (Wildman–Crippen MR) is 123 cm³/mol. The van der Waals surface area contributed by atoms with Crippen molar-refractivity contribution < 1.29 is 29.1 Å².